The number of fused-ring (bicyclic) bond motifs is 6. The Balaban J connectivity index is 0.979. The minimum atomic E-state index is -0.244. The molecule has 0 aliphatic heterocycles. The fourth-order valence-corrected chi connectivity index (χ4v) is 8.47. The molecule has 0 atom stereocenters. The maximum Gasteiger partial charge on any atom is 0.143 e. The lowest BCUT2D eigenvalue weighted by molar-refractivity contribution is 0.627. The topological polar surface area (TPSA) is 21.3 Å². The van der Waals surface area contributed by atoms with Crippen molar-refractivity contribution in [3.63, 3.8) is 0 Å². The average molecular weight is 747 g/mol. The summed E-state index contributed by atoms with van der Waals surface area (Å²) in [7, 11) is 0. The van der Waals surface area contributed by atoms with E-state index < -0.39 is 0 Å². The van der Waals surface area contributed by atoms with Gasteiger partial charge in [-0.15, -0.1) is 0 Å². The first kappa shape index (κ1) is 33.6. The summed E-state index contributed by atoms with van der Waals surface area (Å²) in [5, 5.41) is 4.56. The molecule has 0 saturated carbocycles. The number of furan rings is 1. The zero-order chi connectivity index (χ0) is 38.6. The summed E-state index contributed by atoms with van der Waals surface area (Å²) in [6.45, 7) is 0. The Hall–Kier alpha value is -7.69. The van der Waals surface area contributed by atoms with Crippen LogP contribution in [0.5, 0.6) is 0 Å². The molecule has 4 heteroatoms. The Labute approximate surface area is 335 Å². The van der Waals surface area contributed by atoms with Crippen molar-refractivity contribution in [1.29, 1.82) is 0 Å². The van der Waals surface area contributed by atoms with Crippen molar-refractivity contribution < 1.29 is 8.81 Å². The molecule has 0 unspecified atom stereocenters. The van der Waals surface area contributed by atoms with Gasteiger partial charge in [-0.05, 0) is 113 Å². The van der Waals surface area contributed by atoms with Gasteiger partial charge in [0.1, 0.15) is 17.0 Å². The van der Waals surface area contributed by atoms with Crippen molar-refractivity contribution >= 4 is 60.8 Å². The molecular formula is C54H35FN2O. The Bertz CT molecular complexity index is 3250. The molecule has 0 aliphatic carbocycles. The van der Waals surface area contributed by atoms with Crippen LogP contribution in [-0.4, -0.2) is 4.57 Å². The third kappa shape index (κ3) is 5.74. The second kappa shape index (κ2) is 13.8. The fraction of sp³-hybridized carbons (Fsp3) is 0. The summed E-state index contributed by atoms with van der Waals surface area (Å²) in [5.41, 5.74) is 14.8. The van der Waals surface area contributed by atoms with Crippen molar-refractivity contribution in [3.05, 3.63) is 218 Å². The Morgan fingerprint density at radius 1 is 0.379 bits per heavy atom. The molecule has 11 rings (SSSR count). The molecule has 0 spiro atoms. The van der Waals surface area contributed by atoms with E-state index in [0.717, 1.165) is 88.7 Å². The molecule has 0 radical (unpaired) electrons. The van der Waals surface area contributed by atoms with Crippen molar-refractivity contribution in [2.45, 2.75) is 0 Å². The quantitative estimate of drug-likeness (QED) is 0.162. The molecule has 3 nitrogen and oxygen atoms in total. The molecule has 9 aromatic carbocycles. The summed E-state index contributed by atoms with van der Waals surface area (Å²) < 4.78 is 22.5. The van der Waals surface area contributed by atoms with Crippen LogP contribution < -0.4 is 4.90 Å². The van der Waals surface area contributed by atoms with Gasteiger partial charge in [-0.3, -0.25) is 0 Å². The summed E-state index contributed by atoms with van der Waals surface area (Å²) in [4.78, 5) is 2.31. The smallest absolute Gasteiger partial charge is 0.143 e. The molecule has 0 aliphatic rings. The standard InChI is InChI=1S/C54H35FN2O/c55-41-24-32-45(33-25-41)57-51-15-6-4-11-47(51)50-35-40(23-34-52(50)57)38-19-28-43(29-20-38)56(42-26-17-37(18-27-42)36-9-2-1-3-10-36)44-30-21-39(22-31-44)46-13-8-14-49-48-12-5-7-16-53(48)58-54(46)49/h1-35H. The van der Waals surface area contributed by atoms with Crippen LogP contribution in [0.4, 0.5) is 21.5 Å². The molecule has 2 aromatic heterocycles. The van der Waals surface area contributed by atoms with Gasteiger partial charge in [0.25, 0.3) is 0 Å². The minimum absolute atomic E-state index is 0.244. The van der Waals surface area contributed by atoms with Crippen LogP contribution in [0.3, 0.4) is 0 Å². The number of halogens is 1. The SMILES string of the molecule is Fc1ccc(-n2c3ccccc3c3cc(-c4ccc(N(c5ccc(-c6ccccc6)cc5)c5ccc(-c6cccc7c6oc6ccccc67)cc5)cc4)ccc32)cc1. The lowest BCUT2D eigenvalue weighted by atomic mass is 10.0. The zero-order valence-corrected chi connectivity index (χ0v) is 31.4. The molecule has 0 N–H and O–H groups in total. The number of rotatable bonds is 7. The fourth-order valence-electron chi connectivity index (χ4n) is 8.47. The predicted octanol–water partition coefficient (Wildman–Crippen LogP) is 15.3. The maximum absolute atomic E-state index is 13.9. The molecule has 11 aromatic rings. The Kier molecular flexibility index (Phi) is 8.00. The van der Waals surface area contributed by atoms with E-state index in [1.807, 2.05) is 30.3 Å². The monoisotopic (exact) mass is 746 g/mol. The van der Waals surface area contributed by atoms with Gasteiger partial charge in [-0.2, -0.15) is 0 Å². The molecule has 0 amide bonds. The summed E-state index contributed by atoms with van der Waals surface area (Å²) in [6, 6.07) is 73.2. The van der Waals surface area contributed by atoms with Crippen LogP contribution in [0.2, 0.25) is 0 Å². The van der Waals surface area contributed by atoms with Gasteiger partial charge in [0.2, 0.25) is 0 Å². The van der Waals surface area contributed by atoms with Gasteiger partial charge in [0.15, 0.2) is 0 Å². The van der Waals surface area contributed by atoms with Gasteiger partial charge in [-0.1, -0.05) is 127 Å². The molecule has 58 heavy (non-hydrogen) atoms. The largest absolute Gasteiger partial charge is 0.455 e. The van der Waals surface area contributed by atoms with Crippen LogP contribution in [0, 0.1) is 5.82 Å². The number of nitrogens with zero attached hydrogens (tertiary/aromatic N) is 2. The van der Waals surface area contributed by atoms with E-state index in [4.69, 9.17) is 4.42 Å². The average Bonchev–Trinajstić information content (AvgIpc) is 3.84. The van der Waals surface area contributed by atoms with Gasteiger partial charge >= 0.3 is 0 Å². The number of hydrogen-bond acceptors (Lipinski definition) is 2. The Morgan fingerprint density at radius 2 is 0.914 bits per heavy atom. The van der Waals surface area contributed by atoms with E-state index in [0.29, 0.717) is 0 Å². The molecule has 0 bridgehead atoms. The third-order valence-electron chi connectivity index (χ3n) is 11.3. The van der Waals surface area contributed by atoms with Gasteiger partial charge < -0.3 is 13.9 Å². The van der Waals surface area contributed by atoms with Crippen LogP contribution in [-0.2, 0) is 0 Å². The molecule has 0 saturated heterocycles. The molecule has 2 heterocycles. The summed E-state index contributed by atoms with van der Waals surface area (Å²) in [5.74, 6) is -0.244. The lowest BCUT2D eigenvalue weighted by Crippen LogP contribution is -2.09. The van der Waals surface area contributed by atoms with Crippen LogP contribution >= 0.6 is 0 Å². The Morgan fingerprint density at radius 3 is 1.62 bits per heavy atom. The molecule has 274 valence electrons. The van der Waals surface area contributed by atoms with Crippen LogP contribution in [0.25, 0.3) is 82.8 Å². The van der Waals surface area contributed by atoms with Crippen molar-refractivity contribution in [2.75, 3.05) is 4.90 Å². The van der Waals surface area contributed by atoms with Crippen LogP contribution in [0.15, 0.2) is 217 Å². The molecule has 0 fully saturated rings. The first-order chi connectivity index (χ1) is 28.7. The maximum atomic E-state index is 13.9. The van der Waals surface area contributed by atoms with Crippen molar-refractivity contribution in [1.82, 2.24) is 4.57 Å². The minimum Gasteiger partial charge on any atom is -0.455 e. The highest BCUT2D eigenvalue weighted by atomic mass is 19.1. The number of benzene rings is 9. The van der Waals surface area contributed by atoms with E-state index in [-0.39, 0.29) is 5.82 Å². The van der Waals surface area contributed by atoms with E-state index in [2.05, 4.69) is 179 Å². The highest BCUT2D eigenvalue weighted by Crippen LogP contribution is 2.41. The second-order valence-electron chi connectivity index (χ2n) is 14.7. The van der Waals surface area contributed by atoms with Crippen molar-refractivity contribution in [2.24, 2.45) is 0 Å². The van der Waals surface area contributed by atoms with E-state index in [1.54, 1.807) is 0 Å². The predicted molar refractivity (Wildman–Crippen MR) is 239 cm³/mol. The van der Waals surface area contributed by atoms with E-state index in [9.17, 15) is 4.39 Å². The lowest BCUT2D eigenvalue weighted by Gasteiger charge is -2.26. The van der Waals surface area contributed by atoms with E-state index >= 15 is 0 Å². The second-order valence-corrected chi connectivity index (χ2v) is 14.7. The summed E-state index contributed by atoms with van der Waals surface area (Å²) >= 11 is 0. The van der Waals surface area contributed by atoms with Crippen LogP contribution in [0.1, 0.15) is 0 Å². The normalized spacial score (nSPS) is 11.5. The number of anilines is 3. The van der Waals surface area contributed by atoms with Gasteiger partial charge in [-0.25, -0.2) is 4.39 Å². The van der Waals surface area contributed by atoms with Gasteiger partial charge in [0.05, 0.1) is 11.0 Å². The number of aromatic nitrogens is 1. The first-order valence-corrected chi connectivity index (χ1v) is 19.5. The zero-order valence-electron chi connectivity index (χ0n) is 31.4. The summed E-state index contributed by atoms with van der Waals surface area (Å²) in [6.07, 6.45) is 0. The molecular weight excluding hydrogens is 712 g/mol. The number of hydrogen-bond donors (Lipinski definition) is 0. The third-order valence-corrected chi connectivity index (χ3v) is 11.3. The van der Waals surface area contributed by atoms with Gasteiger partial charge in [0, 0.05) is 49.9 Å². The van der Waals surface area contributed by atoms with Crippen molar-refractivity contribution in [3.8, 4) is 39.1 Å². The first-order valence-electron chi connectivity index (χ1n) is 19.5. The van der Waals surface area contributed by atoms with E-state index in [1.165, 1.54) is 23.3 Å². The highest BCUT2D eigenvalue weighted by Gasteiger charge is 2.17. The highest BCUT2D eigenvalue weighted by molar-refractivity contribution is 6.11. The number of para-hydroxylation sites is 3.